The van der Waals surface area contributed by atoms with E-state index in [0.29, 0.717) is 31.0 Å². The number of ether oxygens (including phenoxy) is 1. The zero-order chi connectivity index (χ0) is 24.7. The van der Waals surface area contributed by atoms with Crippen LogP contribution >= 0.6 is 0 Å². The molecule has 2 aromatic rings. The number of furan rings is 1. The van der Waals surface area contributed by atoms with E-state index < -0.39 is 11.6 Å². The second-order valence-corrected chi connectivity index (χ2v) is 9.55. The van der Waals surface area contributed by atoms with Crippen LogP contribution in [0.15, 0.2) is 58.0 Å². The molecule has 0 bridgehead atoms. The highest BCUT2D eigenvalue weighted by Gasteiger charge is 2.32. The van der Waals surface area contributed by atoms with E-state index in [4.69, 9.17) is 9.15 Å². The average molecular weight is 478 g/mol. The number of hydrogen-bond acceptors (Lipinski definition) is 5. The van der Waals surface area contributed by atoms with E-state index in [9.17, 15) is 9.59 Å². The van der Waals surface area contributed by atoms with Crippen molar-refractivity contribution in [1.82, 2.24) is 10.6 Å². The van der Waals surface area contributed by atoms with Crippen LogP contribution in [0.1, 0.15) is 74.3 Å². The lowest BCUT2D eigenvalue weighted by molar-refractivity contribution is -0.124. The number of hydrogen-bond donors (Lipinski definition) is 2. The summed E-state index contributed by atoms with van der Waals surface area (Å²) >= 11 is 0. The van der Waals surface area contributed by atoms with Crippen LogP contribution in [0.5, 0.6) is 0 Å². The molecular formula is C28H35N3O4. The SMILES string of the molecule is CCNC(=O)[C@@H](NC(=O)c1ccc(C2=CCC(C)(OCc3ccccc3)C=N2)o1)C1CCCCC1. The lowest BCUT2D eigenvalue weighted by atomic mass is 9.83. The Bertz CT molecular complexity index is 1070. The summed E-state index contributed by atoms with van der Waals surface area (Å²) in [5.74, 6) is 0.329. The van der Waals surface area contributed by atoms with Gasteiger partial charge in [-0.3, -0.25) is 14.6 Å². The number of amides is 2. The maximum absolute atomic E-state index is 13.0. The predicted molar refractivity (Wildman–Crippen MR) is 136 cm³/mol. The summed E-state index contributed by atoms with van der Waals surface area (Å²) in [7, 11) is 0. The minimum absolute atomic E-state index is 0.131. The molecule has 0 saturated heterocycles. The number of nitrogens with one attached hydrogen (secondary N) is 2. The molecule has 1 fully saturated rings. The molecule has 2 atom stereocenters. The summed E-state index contributed by atoms with van der Waals surface area (Å²) in [4.78, 5) is 30.2. The molecule has 2 aliphatic rings. The lowest BCUT2D eigenvalue weighted by Gasteiger charge is -2.29. The minimum atomic E-state index is -0.550. The number of carbonyl (C=O) groups is 2. The monoisotopic (exact) mass is 477 g/mol. The maximum Gasteiger partial charge on any atom is 0.287 e. The third kappa shape index (κ3) is 6.48. The molecule has 7 nitrogen and oxygen atoms in total. The Morgan fingerprint density at radius 1 is 1.14 bits per heavy atom. The number of benzene rings is 1. The second kappa shape index (κ2) is 11.5. The molecule has 35 heavy (non-hydrogen) atoms. The Labute approximate surface area is 207 Å². The quantitative estimate of drug-likeness (QED) is 0.538. The van der Waals surface area contributed by atoms with Gasteiger partial charge in [0.05, 0.1) is 6.61 Å². The zero-order valence-electron chi connectivity index (χ0n) is 20.6. The zero-order valence-corrected chi connectivity index (χ0v) is 20.6. The number of aliphatic imine (C=N–C) groups is 1. The van der Waals surface area contributed by atoms with Crippen molar-refractivity contribution in [3.63, 3.8) is 0 Å². The van der Waals surface area contributed by atoms with Gasteiger partial charge in [0.2, 0.25) is 5.91 Å². The van der Waals surface area contributed by atoms with Gasteiger partial charge >= 0.3 is 0 Å². The van der Waals surface area contributed by atoms with Gasteiger partial charge in [-0.1, -0.05) is 55.7 Å². The fourth-order valence-corrected chi connectivity index (χ4v) is 4.65. The summed E-state index contributed by atoms with van der Waals surface area (Å²) in [6, 6.07) is 12.9. The van der Waals surface area contributed by atoms with Crippen molar-refractivity contribution in [2.24, 2.45) is 10.9 Å². The molecule has 0 radical (unpaired) electrons. The first-order valence-electron chi connectivity index (χ1n) is 12.6. The molecule has 2 N–H and O–H groups in total. The van der Waals surface area contributed by atoms with Crippen molar-refractivity contribution in [2.45, 2.75) is 70.6 Å². The van der Waals surface area contributed by atoms with Gasteiger partial charge in [0.25, 0.3) is 5.91 Å². The van der Waals surface area contributed by atoms with Crippen LogP contribution in [0, 0.1) is 5.92 Å². The average Bonchev–Trinajstić information content (AvgIpc) is 3.38. The van der Waals surface area contributed by atoms with Crippen molar-refractivity contribution in [3.8, 4) is 0 Å². The summed E-state index contributed by atoms with van der Waals surface area (Å²) in [5.41, 5.74) is 1.27. The molecule has 2 heterocycles. The van der Waals surface area contributed by atoms with Crippen molar-refractivity contribution in [2.75, 3.05) is 6.54 Å². The summed E-state index contributed by atoms with van der Waals surface area (Å²) in [5, 5.41) is 5.79. The van der Waals surface area contributed by atoms with E-state index in [0.717, 1.165) is 31.2 Å². The molecule has 0 spiro atoms. The molecule has 1 aromatic heterocycles. The van der Waals surface area contributed by atoms with Gasteiger partial charge in [0, 0.05) is 19.2 Å². The Hall–Kier alpha value is -3.19. The highest BCUT2D eigenvalue weighted by atomic mass is 16.5. The Kier molecular flexibility index (Phi) is 8.18. The predicted octanol–water partition coefficient (Wildman–Crippen LogP) is 4.89. The van der Waals surface area contributed by atoms with Crippen LogP contribution in [0.4, 0.5) is 0 Å². The number of nitrogens with zero attached hydrogens (tertiary/aromatic N) is 1. The maximum atomic E-state index is 13.0. The van der Waals surface area contributed by atoms with Crippen molar-refractivity contribution in [3.05, 3.63) is 65.6 Å². The fraction of sp³-hybridized carbons (Fsp3) is 0.464. The molecular weight excluding hydrogens is 442 g/mol. The van der Waals surface area contributed by atoms with Gasteiger partial charge in [-0.15, -0.1) is 0 Å². The standard InChI is InChI=1S/C28H35N3O4/c1-3-29-27(33)25(21-12-8-5-9-13-21)31-26(32)24-15-14-23(35-24)22-16-17-28(2,19-30-22)34-18-20-10-6-4-7-11-20/h4,6-7,10-11,14-16,19,21,25H,3,5,8-9,12-13,17-18H2,1-2H3,(H,29,33)(H,31,32)/t25-,28?/m0/s1. The van der Waals surface area contributed by atoms with Gasteiger partial charge in [0.15, 0.2) is 11.5 Å². The van der Waals surface area contributed by atoms with Gasteiger partial charge in [-0.2, -0.15) is 0 Å². The van der Waals surface area contributed by atoms with Crippen LogP contribution in [0.3, 0.4) is 0 Å². The summed E-state index contributed by atoms with van der Waals surface area (Å²) in [6.45, 7) is 4.92. The van der Waals surface area contributed by atoms with Gasteiger partial charge in [-0.05, 0) is 50.3 Å². The third-order valence-corrected chi connectivity index (χ3v) is 6.71. The first-order valence-corrected chi connectivity index (χ1v) is 12.6. The van der Waals surface area contributed by atoms with E-state index in [1.165, 1.54) is 6.42 Å². The first-order chi connectivity index (χ1) is 17.0. The van der Waals surface area contributed by atoms with Gasteiger partial charge < -0.3 is 19.8 Å². The van der Waals surface area contributed by atoms with Crippen molar-refractivity contribution < 1.29 is 18.7 Å². The lowest BCUT2D eigenvalue weighted by Crippen LogP contribution is -2.51. The fourth-order valence-electron chi connectivity index (χ4n) is 4.65. The highest BCUT2D eigenvalue weighted by Crippen LogP contribution is 2.29. The second-order valence-electron chi connectivity index (χ2n) is 9.55. The molecule has 186 valence electrons. The van der Waals surface area contributed by atoms with Crippen LogP contribution < -0.4 is 10.6 Å². The smallest absolute Gasteiger partial charge is 0.287 e. The summed E-state index contributed by atoms with van der Waals surface area (Å²) < 4.78 is 11.9. The van der Waals surface area contributed by atoms with E-state index in [1.807, 2.05) is 50.3 Å². The number of carbonyl (C=O) groups excluding carboxylic acids is 2. The largest absolute Gasteiger partial charge is 0.449 e. The molecule has 4 rings (SSSR count). The normalized spacial score (nSPS) is 21.3. The van der Waals surface area contributed by atoms with Crippen LogP contribution in [0.25, 0.3) is 5.70 Å². The molecule has 1 aliphatic heterocycles. The van der Waals surface area contributed by atoms with Crippen molar-refractivity contribution >= 4 is 23.7 Å². The topological polar surface area (TPSA) is 92.9 Å². The Morgan fingerprint density at radius 2 is 1.91 bits per heavy atom. The van der Waals surface area contributed by atoms with Crippen LogP contribution in [-0.4, -0.2) is 36.2 Å². The van der Waals surface area contributed by atoms with Crippen molar-refractivity contribution in [1.29, 1.82) is 0 Å². The number of rotatable bonds is 9. The van der Waals surface area contributed by atoms with E-state index >= 15 is 0 Å². The molecule has 1 aliphatic carbocycles. The molecule has 7 heteroatoms. The van der Waals surface area contributed by atoms with Gasteiger partial charge in [-0.25, -0.2) is 0 Å². The molecule has 1 unspecified atom stereocenters. The minimum Gasteiger partial charge on any atom is -0.449 e. The van der Waals surface area contributed by atoms with Crippen LogP contribution in [0.2, 0.25) is 0 Å². The van der Waals surface area contributed by atoms with Gasteiger partial charge in [0.1, 0.15) is 17.3 Å². The Balaban J connectivity index is 1.37. The third-order valence-electron chi connectivity index (χ3n) is 6.71. The first kappa shape index (κ1) is 24.9. The Morgan fingerprint density at radius 3 is 2.60 bits per heavy atom. The van der Waals surface area contributed by atoms with E-state index in [1.54, 1.807) is 18.3 Å². The summed E-state index contributed by atoms with van der Waals surface area (Å²) in [6.07, 6.45) is 9.63. The van der Waals surface area contributed by atoms with Crippen LogP contribution in [-0.2, 0) is 16.1 Å². The molecule has 2 amide bonds. The van der Waals surface area contributed by atoms with E-state index in [2.05, 4.69) is 15.6 Å². The molecule has 1 aromatic carbocycles. The highest BCUT2D eigenvalue weighted by molar-refractivity contribution is 5.96. The molecule has 1 saturated carbocycles. The number of likely N-dealkylation sites (N-methyl/N-ethyl adjacent to an activating group) is 1. The van der Waals surface area contributed by atoms with E-state index in [-0.39, 0.29) is 23.5 Å².